The molecule has 0 aliphatic carbocycles. The fraction of sp³-hybridized carbons (Fsp3) is 0.0769. The third-order valence-electron chi connectivity index (χ3n) is 5.48. The number of hydrogen-bond acceptors (Lipinski definition) is 6. The number of nitrogens with one attached hydrogen (secondary N) is 2. The Kier molecular flexibility index (Phi) is 6.38. The molecular weight excluding hydrogens is 499 g/mol. The minimum atomic E-state index is -3.76. The van der Waals surface area contributed by atoms with Crippen LogP contribution in [0.15, 0.2) is 89.3 Å². The van der Waals surface area contributed by atoms with Gasteiger partial charge in [0.2, 0.25) is 0 Å². The Bertz CT molecular complexity index is 1590. The van der Waals surface area contributed by atoms with Crippen molar-refractivity contribution in [3.63, 3.8) is 0 Å². The van der Waals surface area contributed by atoms with E-state index in [1.54, 1.807) is 17.5 Å². The van der Waals surface area contributed by atoms with E-state index in [0.717, 1.165) is 21.2 Å². The first-order chi connectivity index (χ1) is 16.9. The van der Waals surface area contributed by atoms with E-state index in [4.69, 9.17) is 0 Å². The first-order valence-electron chi connectivity index (χ1n) is 10.8. The second-order valence-electron chi connectivity index (χ2n) is 7.99. The quantitative estimate of drug-likeness (QED) is 0.264. The Morgan fingerprint density at radius 3 is 2.43 bits per heavy atom. The lowest BCUT2D eigenvalue weighted by Crippen LogP contribution is -2.14. The second-order valence-corrected chi connectivity index (χ2v) is 11.6. The van der Waals surface area contributed by atoms with Crippen LogP contribution in [0.5, 0.6) is 0 Å². The van der Waals surface area contributed by atoms with Gasteiger partial charge < -0.3 is 5.32 Å². The van der Waals surface area contributed by atoms with E-state index < -0.39 is 10.0 Å². The minimum Gasteiger partial charge on any atom is -0.321 e. The fourth-order valence-electron chi connectivity index (χ4n) is 3.72. The topological polar surface area (TPSA) is 88.2 Å². The summed E-state index contributed by atoms with van der Waals surface area (Å²) in [5.74, 6) is -0.218. The molecule has 0 saturated heterocycles. The molecule has 6 nitrogen and oxygen atoms in total. The number of sulfonamides is 1. The Hall–Kier alpha value is -3.53. The van der Waals surface area contributed by atoms with Gasteiger partial charge in [0.15, 0.2) is 5.13 Å². The molecule has 35 heavy (non-hydrogen) atoms. The van der Waals surface area contributed by atoms with Crippen molar-refractivity contribution in [2.75, 3.05) is 10.0 Å². The van der Waals surface area contributed by atoms with E-state index in [1.807, 2.05) is 31.2 Å². The molecule has 9 heteroatoms. The highest BCUT2D eigenvalue weighted by molar-refractivity contribution is 7.93. The Balaban J connectivity index is 1.39. The van der Waals surface area contributed by atoms with Gasteiger partial charge in [-0.1, -0.05) is 48.0 Å². The molecule has 3 aromatic carbocycles. The highest BCUT2D eigenvalue weighted by atomic mass is 32.2. The zero-order valence-corrected chi connectivity index (χ0v) is 21.1. The first-order valence-corrected chi connectivity index (χ1v) is 14.0. The summed E-state index contributed by atoms with van der Waals surface area (Å²) in [5.41, 5.74) is 3.82. The highest BCUT2D eigenvalue weighted by Gasteiger charge is 2.20. The summed E-state index contributed by atoms with van der Waals surface area (Å²) in [4.78, 5) is 18.0. The molecule has 2 heterocycles. The van der Waals surface area contributed by atoms with Gasteiger partial charge in [-0.15, -0.1) is 22.7 Å². The van der Waals surface area contributed by atoms with Crippen LogP contribution in [-0.4, -0.2) is 19.3 Å². The molecule has 0 fully saturated rings. The van der Waals surface area contributed by atoms with E-state index in [0.29, 0.717) is 22.1 Å². The van der Waals surface area contributed by atoms with Crippen molar-refractivity contribution in [1.29, 1.82) is 0 Å². The lowest BCUT2D eigenvalue weighted by molar-refractivity contribution is 0.103. The maximum atomic E-state index is 13.3. The summed E-state index contributed by atoms with van der Waals surface area (Å²) in [7, 11) is -3.76. The van der Waals surface area contributed by atoms with Gasteiger partial charge in [-0.2, -0.15) is 0 Å². The van der Waals surface area contributed by atoms with Gasteiger partial charge in [0, 0.05) is 22.0 Å². The van der Waals surface area contributed by atoms with Crippen molar-refractivity contribution < 1.29 is 13.2 Å². The van der Waals surface area contributed by atoms with E-state index in [1.165, 1.54) is 46.6 Å². The molecule has 0 atom stereocenters. The van der Waals surface area contributed by atoms with Crippen LogP contribution in [0.2, 0.25) is 0 Å². The van der Waals surface area contributed by atoms with Gasteiger partial charge in [0.05, 0.1) is 9.77 Å². The molecule has 176 valence electrons. The van der Waals surface area contributed by atoms with Crippen molar-refractivity contribution in [3.05, 3.63) is 106 Å². The number of nitrogens with zero attached hydrogens (tertiary/aromatic N) is 1. The molecule has 5 rings (SSSR count). The van der Waals surface area contributed by atoms with E-state index >= 15 is 0 Å². The van der Waals surface area contributed by atoms with Gasteiger partial charge in [-0.25, -0.2) is 13.4 Å². The predicted octanol–water partition coefficient (Wildman–Crippen LogP) is 6.31. The lowest BCUT2D eigenvalue weighted by Gasteiger charge is -2.09. The molecule has 0 saturated carbocycles. The first kappa shape index (κ1) is 23.2. The lowest BCUT2D eigenvalue weighted by atomic mass is 10.0. The number of amides is 1. The minimum absolute atomic E-state index is 0.0904. The van der Waals surface area contributed by atoms with Crippen LogP contribution in [0, 0.1) is 6.92 Å². The van der Waals surface area contributed by atoms with Crippen LogP contribution in [0.4, 0.5) is 10.8 Å². The number of thiazole rings is 1. The summed E-state index contributed by atoms with van der Waals surface area (Å²) in [6.07, 6.45) is 2.18. The third-order valence-corrected chi connectivity index (χ3v) is 8.87. The summed E-state index contributed by atoms with van der Waals surface area (Å²) in [6.45, 7) is 2.05. The van der Waals surface area contributed by atoms with Gasteiger partial charge in [-0.3, -0.25) is 9.52 Å². The molecule has 0 radical (unpaired) electrons. The van der Waals surface area contributed by atoms with Crippen molar-refractivity contribution in [3.8, 4) is 0 Å². The number of rotatable bonds is 7. The predicted molar refractivity (Wildman–Crippen MR) is 143 cm³/mol. The second kappa shape index (κ2) is 9.61. The molecule has 0 aliphatic rings. The van der Waals surface area contributed by atoms with Crippen LogP contribution in [0.1, 0.15) is 26.4 Å². The number of carbonyl (C=O) groups is 1. The molecule has 5 aromatic rings. The van der Waals surface area contributed by atoms with Gasteiger partial charge in [0.1, 0.15) is 0 Å². The zero-order chi connectivity index (χ0) is 24.4. The number of carbonyl (C=O) groups excluding carboxylic acids is 1. The molecule has 0 spiro atoms. The summed E-state index contributed by atoms with van der Waals surface area (Å²) in [6, 6.07) is 22.4. The monoisotopic (exact) mass is 519 g/mol. The normalized spacial score (nSPS) is 11.5. The smallest absolute Gasteiger partial charge is 0.266 e. The van der Waals surface area contributed by atoms with Gasteiger partial charge in [0.25, 0.3) is 15.9 Å². The fourth-order valence-corrected chi connectivity index (χ4v) is 6.63. The molecule has 0 bridgehead atoms. The summed E-state index contributed by atoms with van der Waals surface area (Å²) < 4.78 is 28.6. The number of fused-ring (bicyclic) bond motifs is 1. The average Bonchev–Trinajstić information content (AvgIpc) is 3.48. The third kappa shape index (κ3) is 5.12. The number of aromatic nitrogens is 1. The Morgan fingerprint density at radius 2 is 1.71 bits per heavy atom. The Morgan fingerprint density at radius 1 is 0.971 bits per heavy atom. The number of aryl methyl sites for hydroxylation is 1. The molecule has 0 aliphatic heterocycles. The zero-order valence-electron chi connectivity index (χ0n) is 18.7. The van der Waals surface area contributed by atoms with Crippen molar-refractivity contribution in [2.24, 2.45) is 0 Å². The molecular formula is C26H21N3O3S3. The largest absolute Gasteiger partial charge is 0.321 e. The maximum Gasteiger partial charge on any atom is 0.266 e. The van der Waals surface area contributed by atoms with E-state index in [-0.39, 0.29) is 10.8 Å². The number of anilines is 2. The number of benzene rings is 3. The molecule has 1 amide bonds. The molecule has 2 aromatic heterocycles. The SMILES string of the molecule is Cc1ccc(Cc2c(C(=O)Nc3ccc(S(=O)(=O)Nc4nccs4)cc3)sc3ccccc23)cc1. The van der Waals surface area contributed by atoms with Crippen LogP contribution in [0.25, 0.3) is 10.1 Å². The average molecular weight is 520 g/mol. The molecule has 2 N–H and O–H groups in total. The standard InChI is InChI=1S/C26H21N3O3S3/c1-17-6-8-18(9-7-17)16-22-21-4-2-3-5-23(21)34-24(22)25(30)28-19-10-12-20(13-11-19)35(31,32)29-26-27-14-15-33-26/h2-15H,16H2,1H3,(H,27,29)(H,28,30). The van der Waals surface area contributed by atoms with Crippen LogP contribution in [-0.2, 0) is 16.4 Å². The van der Waals surface area contributed by atoms with E-state index in [9.17, 15) is 13.2 Å². The Labute approximate surface area is 211 Å². The molecule has 0 unspecified atom stereocenters. The summed E-state index contributed by atoms with van der Waals surface area (Å²) >= 11 is 2.66. The van der Waals surface area contributed by atoms with E-state index in [2.05, 4.69) is 39.3 Å². The van der Waals surface area contributed by atoms with Crippen molar-refractivity contribution in [1.82, 2.24) is 4.98 Å². The highest BCUT2D eigenvalue weighted by Crippen LogP contribution is 2.34. The summed E-state index contributed by atoms with van der Waals surface area (Å²) in [5, 5.41) is 5.98. The number of hydrogen-bond donors (Lipinski definition) is 2. The van der Waals surface area contributed by atoms with Crippen molar-refractivity contribution >= 4 is 59.5 Å². The van der Waals surface area contributed by atoms with Crippen molar-refractivity contribution in [2.45, 2.75) is 18.2 Å². The van der Waals surface area contributed by atoms with Crippen LogP contribution < -0.4 is 10.0 Å². The number of thiophene rings is 1. The van der Waals surface area contributed by atoms with Gasteiger partial charge >= 0.3 is 0 Å². The maximum absolute atomic E-state index is 13.3. The van der Waals surface area contributed by atoms with Gasteiger partial charge in [-0.05, 0) is 60.2 Å². The van der Waals surface area contributed by atoms with Crippen LogP contribution in [0.3, 0.4) is 0 Å². The van der Waals surface area contributed by atoms with Crippen LogP contribution >= 0.6 is 22.7 Å².